The Bertz CT molecular complexity index is 1150. The second-order valence-electron chi connectivity index (χ2n) is 5.63. The molecule has 8 nitrogen and oxygen atoms in total. The Kier molecular flexibility index (Phi) is 4.65. The van der Waals surface area contributed by atoms with Crippen molar-refractivity contribution in [2.24, 2.45) is 0 Å². The molecule has 0 aliphatic heterocycles. The molecule has 0 fully saturated rings. The van der Waals surface area contributed by atoms with Crippen molar-refractivity contribution in [3.63, 3.8) is 0 Å². The molecule has 0 atom stereocenters. The van der Waals surface area contributed by atoms with Gasteiger partial charge in [0.1, 0.15) is 0 Å². The van der Waals surface area contributed by atoms with E-state index in [1.165, 1.54) is 40.7 Å². The highest BCUT2D eigenvalue weighted by Gasteiger charge is 2.18. The van der Waals surface area contributed by atoms with Crippen molar-refractivity contribution in [1.82, 2.24) is 24.6 Å². The average Bonchev–Trinajstić information content (AvgIpc) is 3.32. The van der Waals surface area contributed by atoms with E-state index < -0.39 is 12.5 Å². The summed E-state index contributed by atoms with van der Waals surface area (Å²) in [7, 11) is 0. The van der Waals surface area contributed by atoms with Crippen LogP contribution in [0.3, 0.4) is 0 Å². The molecule has 142 valence electrons. The number of amides is 1. The molecule has 4 heterocycles. The number of aryl methyl sites for hydroxylation is 1. The van der Waals surface area contributed by atoms with Gasteiger partial charge in [0.25, 0.3) is 6.43 Å². The van der Waals surface area contributed by atoms with Crippen molar-refractivity contribution in [3.8, 4) is 16.6 Å². The number of ether oxygens (including phenoxy) is 1. The molecule has 0 aliphatic carbocycles. The van der Waals surface area contributed by atoms with Gasteiger partial charge in [-0.25, -0.2) is 34.0 Å². The zero-order chi connectivity index (χ0) is 19.7. The van der Waals surface area contributed by atoms with Gasteiger partial charge in [-0.3, -0.25) is 9.66 Å². The Morgan fingerprint density at radius 3 is 2.86 bits per heavy atom. The summed E-state index contributed by atoms with van der Waals surface area (Å²) in [6, 6.07) is 1.51. The summed E-state index contributed by atoms with van der Waals surface area (Å²) in [5, 5.41) is 2.69. The first kappa shape index (κ1) is 17.9. The lowest BCUT2D eigenvalue weighted by molar-refractivity contribution is 0.153. The number of nitrogens with one attached hydrogen (secondary N) is 1. The maximum Gasteiger partial charge on any atom is 0.432 e. The molecular formula is C17H12F2N6O2S. The van der Waals surface area contributed by atoms with Crippen LogP contribution in [-0.4, -0.2) is 30.7 Å². The zero-order valence-corrected chi connectivity index (χ0v) is 15.2. The first-order valence-corrected chi connectivity index (χ1v) is 8.86. The van der Waals surface area contributed by atoms with Crippen LogP contribution < -0.4 is 10.2 Å². The topological polar surface area (TPSA) is 94.8 Å². The average molecular weight is 402 g/mol. The highest BCUT2D eigenvalue weighted by Crippen LogP contribution is 2.28. The summed E-state index contributed by atoms with van der Waals surface area (Å²) in [4.78, 5) is 28.6. The molecule has 4 aromatic rings. The van der Waals surface area contributed by atoms with Gasteiger partial charge in [0.2, 0.25) is 0 Å². The number of fused-ring (bicyclic) bond motifs is 1. The summed E-state index contributed by atoms with van der Waals surface area (Å²) in [6.07, 6.45) is 3.31. The molecule has 11 heteroatoms. The number of aromatic nitrogens is 5. The molecule has 0 saturated carbocycles. The van der Waals surface area contributed by atoms with E-state index in [-0.39, 0.29) is 16.7 Å². The second kappa shape index (κ2) is 7.27. The van der Waals surface area contributed by atoms with Gasteiger partial charge in [0.05, 0.1) is 17.4 Å². The van der Waals surface area contributed by atoms with Crippen molar-refractivity contribution in [2.45, 2.75) is 13.3 Å². The van der Waals surface area contributed by atoms with Crippen LogP contribution >= 0.6 is 11.3 Å². The smallest absolute Gasteiger partial charge is 0.406 e. The molecule has 0 aliphatic rings. The van der Waals surface area contributed by atoms with E-state index in [4.69, 9.17) is 4.74 Å². The number of hydrogen-bond acceptors (Lipinski definition) is 7. The van der Waals surface area contributed by atoms with Gasteiger partial charge < -0.3 is 4.74 Å². The number of hydrogen-bond donors (Lipinski definition) is 1. The lowest BCUT2D eigenvalue weighted by Gasteiger charge is -2.10. The minimum absolute atomic E-state index is 0.144. The lowest BCUT2D eigenvalue weighted by Crippen LogP contribution is -2.25. The molecule has 1 amide bonds. The summed E-state index contributed by atoms with van der Waals surface area (Å²) in [6.45, 7) is 1.66. The third kappa shape index (κ3) is 3.39. The highest BCUT2D eigenvalue weighted by atomic mass is 32.1. The van der Waals surface area contributed by atoms with Gasteiger partial charge in [-0.1, -0.05) is 0 Å². The van der Waals surface area contributed by atoms with Crippen LogP contribution in [0.1, 0.15) is 17.7 Å². The van der Waals surface area contributed by atoms with Crippen LogP contribution in [-0.2, 0) is 0 Å². The van der Waals surface area contributed by atoms with Crippen molar-refractivity contribution in [3.05, 3.63) is 53.7 Å². The van der Waals surface area contributed by atoms with Gasteiger partial charge >= 0.3 is 6.09 Å². The molecule has 4 rings (SSSR count). The van der Waals surface area contributed by atoms with Gasteiger partial charge in [-0.2, -0.15) is 0 Å². The molecule has 0 radical (unpaired) electrons. The first-order chi connectivity index (χ1) is 13.5. The van der Waals surface area contributed by atoms with Crippen LogP contribution in [0.15, 0.2) is 42.4 Å². The summed E-state index contributed by atoms with van der Waals surface area (Å²) in [5.41, 5.74) is 2.97. The van der Waals surface area contributed by atoms with Crippen molar-refractivity contribution in [2.75, 3.05) is 5.43 Å². The number of nitrogens with zero attached hydrogens (tertiary/aromatic N) is 5. The van der Waals surface area contributed by atoms with Crippen LogP contribution in [0.25, 0.3) is 21.7 Å². The first-order valence-electron chi connectivity index (χ1n) is 7.98. The fourth-order valence-electron chi connectivity index (χ4n) is 2.58. The number of rotatable bonds is 4. The lowest BCUT2D eigenvalue weighted by atomic mass is 10.2. The number of alkyl halides is 2. The van der Waals surface area contributed by atoms with Crippen LogP contribution in [0, 0.1) is 6.92 Å². The quantitative estimate of drug-likeness (QED) is 0.556. The van der Waals surface area contributed by atoms with Crippen LogP contribution in [0.4, 0.5) is 13.6 Å². The van der Waals surface area contributed by atoms with Crippen molar-refractivity contribution < 1.29 is 18.3 Å². The molecule has 0 aromatic carbocycles. The summed E-state index contributed by atoms with van der Waals surface area (Å²) >= 11 is 1.39. The van der Waals surface area contributed by atoms with Gasteiger partial charge in [-0.15, -0.1) is 11.3 Å². The van der Waals surface area contributed by atoms with Crippen LogP contribution in [0.5, 0.6) is 5.75 Å². The monoisotopic (exact) mass is 402 g/mol. The van der Waals surface area contributed by atoms with E-state index in [1.54, 1.807) is 18.5 Å². The van der Waals surface area contributed by atoms with Gasteiger partial charge in [0.15, 0.2) is 16.6 Å². The number of pyridine rings is 1. The SMILES string of the molecule is Cc1nc(-c2nccs2)ncc1OC(=O)Nn1cc(C(F)F)c2cnccc21. The molecule has 0 unspecified atom stereocenters. The van der Waals surface area contributed by atoms with E-state index in [0.29, 0.717) is 22.0 Å². The number of halogens is 2. The largest absolute Gasteiger partial charge is 0.432 e. The maximum atomic E-state index is 13.2. The Balaban J connectivity index is 1.55. The van der Waals surface area contributed by atoms with Crippen molar-refractivity contribution >= 4 is 28.3 Å². The number of thiazole rings is 1. The van der Waals surface area contributed by atoms with E-state index in [9.17, 15) is 13.6 Å². The van der Waals surface area contributed by atoms with Crippen molar-refractivity contribution in [1.29, 1.82) is 0 Å². The predicted molar refractivity (Wildman–Crippen MR) is 98.0 cm³/mol. The molecule has 0 spiro atoms. The highest BCUT2D eigenvalue weighted by molar-refractivity contribution is 7.12. The fourth-order valence-corrected chi connectivity index (χ4v) is 3.15. The van der Waals surface area contributed by atoms with E-state index >= 15 is 0 Å². The Hall–Kier alpha value is -3.47. The molecule has 28 heavy (non-hydrogen) atoms. The van der Waals surface area contributed by atoms with E-state index in [0.717, 1.165) is 6.20 Å². The number of carbonyl (C=O) groups is 1. The zero-order valence-electron chi connectivity index (χ0n) is 14.3. The van der Waals surface area contributed by atoms with Crippen LogP contribution in [0.2, 0.25) is 0 Å². The molecule has 4 aromatic heterocycles. The van der Waals surface area contributed by atoms with Gasteiger partial charge in [-0.05, 0) is 13.0 Å². The summed E-state index contributed by atoms with van der Waals surface area (Å²) < 4.78 is 32.8. The Labute approximate surface area is 160 Å². The minimum Gasteiger partial charge on any atom is -0.406 e. The fraction of sp³-hybridized carbons (Fsp3) is 0.118. The normalized spacial score (nSPS) is 11.1. The second-order valence-corrected chi connectivity index (χ2v) is 6.52. The number of carbonyl (C=O) groups excluding carboxylic acids is 1. The maximum absolute atomic E-state index is 13.2. The molecule has 0 bridgehead atoms. The van der Waals surface area contributed by atoms with E-state index in [2.05, 4.69) is 25.4 Å². The molecule has 1 N–H and O–H groups in total. The third-order valence-corrected chi connectivity index (χ3v) is 4.61. The predicted octanol–water partition coefficient (Wildman–Crippen LogP) is 3.94. The third-order valence-electron chi connectivity index (χ3n) is 3.84. The Morgan fingerprint density at radius 2 is 2.14 bits per heavy atom. The Morgan fingerprint density at radius 1 is 1.29 bits per heavy atom. The molecular weight excluding hydrogens is 390 g/mol. The summed E-state index contributed by atoms with van der Waals surface area (Å²) in [5.74, 6) is 0.566. The minimum atomic E-state index is -2.71. The standard InChI is InChI=1S/C17H12F2N6O2S/c1-9-13(7-22-15(23-9)16-21-4-5-28-16)27-17(26)24-25-8-11(14(18)19)10-6-20-3-2-12(10)25/h2-8,14H,1H3,(H,24,26). The van der Waals surface area contributed by atoms with E-state index in [1.807, 2.05) is 0 Å². The van der Waals surface area contributed by atoms with Gasteiger partial charge in [0, 0.05) is 41.1 Å². The molecule has 0 saturated heterocycles.